The van der Waals surface area contributed by atoms with Gasteiger partial charge in [0, 0.05) is 10.7 Å². The van der Waals surface area contributed by atoms with Crippen molar-refractivity contribution in [2.45, 2.75) is 0 Å². The van der Waals surface area contributed by atoms with Crippen LogP contribution in [0.25, 0.3) is 0 Å². The molecule has 2 rings (SSSR count). The van der Waals surface area contributed by atoms with E-state index in [1.165, 1.54) is 26.5 Å². The highest BCUT2D eigenvalue weighted by Crippen LogP contribution is 2.40. The van der Waals surface area contributed by atoms with E-state index in [1.807, 2.05) is 0 Å². The van der Waals surface area contributed by atoms with Crippen LogP contribution in [0.2, 0.25) is 0 Å². The van der Waals surface area contributed by atoms with Gasteiger partial charge in [-0.1, -0.05) is 6.07 Å². The van der Waals surface area contributed by atoms with Gasteiger partial charge in [0.05, 0.1) is 14.2 Å². The molecule has 1 heterocycles. The van der Waals surface area contributed by atoms with Crippen LogP contribution in [0.5, 0.6) is 23.1 Å². The summed E-state index contributed by atoms with van der Waals surface area (Å²) in [6, 6.07) is 6.39. The first-order valence-corrected chi connectivity index (χ1v) is 6.15. The van der Waals surface area contributed by atoms with Gasteiger partial charge in [-0.3, -0.25) is 0 Å². The lowest BCUT2D eigenvalue weighted by molar-refractivity contribution is 0.334. The molecule has 0 bridgehead atoms. The van der Waals surface area contributed by atoms with Crippen LogP contribution in [0.1, 0.15) is 0 Å². The summed E-state index contributed by atoms with van der Waals surface area (Å²) in [6.07, 6.45) is 1.44. The van der Waals surface area contributed by atoms with E-state index in [4.69, 9.17) is 14.2 Å². The first-order valence-electron chi connectivity index (χ1n) is 5.35. The third-order valence-corrected chi connectivity index (χ3v) is 2.79. The zero-order valence-corrected chi connectivity index (χ0v) is 11.9. The topological polar surface area (TPSA) is 40.6 Å². The number of nitrogens with zero attached hydrogens (tertiary/aromatic N) is 1. The maximum absolute atomic E-state index is 13.7. The first-order chi connectivity index (χ1) is 9.15. The fourth-order valence-corrected chi connectivity index (χ4v) is 1.79. The average Bonchev–Trinajstić information content (AvgIpc) is 2.42. The molecule has 0 unspecified atom stereocenters. The maximum atomic E-state index is 13.7. The minimum absolute atomic E-state index is 0.147. The van der Waals surface area contributed by atoms with Gasteiger partial charge >= 0.3 is 0 Å². The molecule has 0 saturated heterocycles. The number of aromatic nitrogens is 1. The molecule has 0 saturated carbocycles. The lowest BCUT2D eigenvalue weighted by Gasteiger charge is -2.13. The van der Waals surface area contributed by atoms with Crippen molar-refractivity contribution in [1.82, 2.24) is 4.98 Å². The highest BCUT2D eigenvalue weighted by molar-refractivity contribution is 9.10. The SMILES string of the molecule is COc1cccc(OC)c1Oc1ncc(Br)cc1F. The average molecular weight is 328 g/mol. The van der Waals surface area contributed by atoms with Crippen LogP contribution in [-0.2, 0) is 0 Å². The summed E-state index contributed by atoms with van der Waals surface area (Å²) in [5.41, 5.74) is 0. The number of para-hydroxylation sites is 1. The third kappa shape index (κ3) is 2.96. The molecule has 4 nitrogen and oxygen atoms in total. The Morgan fingerprint density at radius 2 is 1.79 bits per heavy atom. The molecule has 0 aliphatic carbocycles. The van der Waals surface area contributed by atoms with Gasteiger partial charge in [-0.2, -0.15) is 0 Å². The summed E-state index contributed by atoms with van der Waals surface area (Å²) < 4.78 is 30.0. The molecular weight excluding hydrogens is 317 g/mol. The number of pyridine rings is 1. The molecule has 0 spiro atoms. The smallest absolute Gasteiger partial charge is 0.256 e. The van der Waals surface area contributed by atoms with E-state index < -0.39 is 5.82 Å². The third-order valence-electron chi connectivity index (χ3n) is 2.36. The molecule has 0 atom stereocenters. The molecule has 0 fully saturated rings. The van der Waals surface area contributed by atoms with Gasteiger partial charge in [-0.15, -0.1) is 0 Å². The second-order valence-electron chi connectivity index (χ2n) is 3.53. The van der Waals surface area contributed by atoms with Crippen molar-refractivity contribution in [2.24, 2.45) is 0 Å². The van der Waals surface area contributed by atoms with E-state index in [1.54, 1.807) is 18.2 Å². The van der Waals surface area contributed by atoms with Gasteiger partial charge in [-0.25, -0.2) is 9.37 Å². The largest absolute Gasteiger partial charge is 0.493 e. The van der Waals surface area contributed by atoms with E-state index in [0.29, 0.717) is 16.0 Å². The summed E-state index contributed by atoms with van der Waals surface area (Å²) >= 11 is 3.13. The summed E-state index contributed by atoms with van der Waals surface area (Å²) in [6.45, 7) is 0. The van der Waals surface area contributed by atoms with E-state index in [9.17, 15) is 4.39 Å². The molecule has 1 aromatic heterocycles. The summed E-state index contributed by atoms with van der Waals surface area (Å²) in [7, 11) is 2.99. The zero-order chi connectivity index (χ0) is 13.8. The molecule has 6 heteroatoms. The van der Waals surface area contributed by atoms with Crippen molar-refractivity contribution in [3.63, 3.8) is 0 Å². The van der Waals surface area contributed by atoms with Crippen LogP contribution in [0, 0.1) is 5.82 Å². The molecule has 1 aromatic carbocycles. The van der Waals surface area contributed by atoms with Crippen LogP contribution in [-0.4, -0.2) is 19.2 Å². The van der Waals surface area contributed by atoms with Gasteiger partial charge in [0.2, 0.25) is 5.75 Å². The van der Waals surface area contributed by atoms with Gasteiger partial charge in [0.25, 0.3) is 5.88 Å². The molecule has 0 amide bonds. The molecule has 0 aliphatic rings. The lowest BCUT2D eigenvalue weighted by Crippen LogP contribution is -1.97. The minimum Gasteiger partial charge on any atom is -0.493 e. The Kier molecular flexibility index (Phi) is 4.21. The first kappa shape index (κ1) is 13.6. The predicted octanol–water partition coefficient (Wildman–Crippen LogP) is 3.79. The fourth-order valence-electron chi connectivity index (χ4n) is 1.49. The fraction of sp³-hybridized carbons (Fsp3) is 0.154. The van der Waals surface area contributed by atoms with Crippen LogP contribution in [0.15, 0.2) is 34.9 Å². The van der Waals surface area contributed by atoms with Crippen molar-refractivity contribution in [3.05, 3.63) is 40.8 Å². The molecule has 100 valence electrons. The van der Waals surface area contributed by atoms with Crippen LogP contribution in [0.4, 0.5) is 4.39 Å². The second kappa shape index (κ2) is 5.88. The number of hydrogen-bond acceptors (Lipinski definition) is 4. The highest BCUT2D eigenvalue weighted by Gasteiger charge is 2.15. The standard InChI is InChI=1S/C13H11BrFNO3/c1-17-10-4-3-5-11(18-2)12(10)19-13-9(15)6-8(14)7-16-13/h3-7H,1-2H3. The molecular formula is C13H11BrFNO3. The van der Waals surface area contributed by atoms with Crippen molar-refractivity contribution in [3.8, 4) is 23.1 Å². The molecule has 19 heavy (non-hydrogen) atoms. The number of methoxy groups -OCH3 is 2. The van der Waals surface area contributed by atoms with Crippen LogP contribution in [0.3, 0.4) is 0 Å². The van der Waals surface area contributed by atoms with E-state index in [-0.39, 0.29) is 11.6 Å². The number of benzene rings is 1. The van der Waals surface area contributed by atoms with Gasteiger partial charge in [0.15, 0.2) is 17.3 Å². The van der Waals surface area contributed by atoms with Gasteiger partial charge in [0.1, 0.15) is 0 Å². The van der Waals surface area contributed by atoms with Crippen molar-refractivity contribution in [1.29, 1.82) is 0 Å². The predicted molar refractivity (Wildman–Crippen MR) is 71.5 cm³/mol. The Balaban J connectivity index is 2.42. The van der Waals surface area contributed by atoms with Crippen molar-refractivity contribution in [2.75, 3.05) is 14.2 Å². The lowest BCUT2D eigenvalue weighted by atomic mass is 10.3. The summed E-state index contributed by atoms with van der Waals surface area (Å²) in [5.74, 6) is 0.418. The van der Waals surface area contributed by atoms with Gasteiger partial charge < -0.3 is 14.2 Å². The van der Waals surface area contributed by atoms with Crippen molar-refractivity contribution >= 4 is 15.9 Å². The monoisotopic (exact) mass is 327 g/mol. The quantitative estimate of drug-likeness (QED) is 0.856. The molecule has 0 aliphatic heterocycles. The molecule has 2 aromatic rings. The Morgan fingerprint density at radius 3 is 2.32 bits per heavy atom. The Morgan fingerprint density at radius 1 is 1.16 bits per heavy atom. The maximum Gasteiger partial charge on any atom is 0.256 e. The Hall–Kier alpha value is -1.82. The number of halogens is 2. The van der Waals surface area contributed by atoms with Crippen LogP contribution < -0.4 is 14.2 Å². The highest BCUT2D eigenvalue weighted by atomic mass is 79.9. The number of rotatable bonds is 4. The van der Waals surface area contributed by atoms with Gasteiger partial charge in [-0.05, 0) is 34.1 Å². The molecule has 0 radical (unpaired) electrons. The zero-order valence-electron chi connectivity index (χ0n) is 10.3. The molecule has 0 N–H and O–H groups in total. The minimum atomic E-state index is -0.581. The van der Waals surface area contributed by atoms with E-state index >= 15 is 0 Å². The Bertz CT molecular complexity index is 570. The number of hydrogen-bond donors (Lipinski definition) is 0. The summed E-state index contributed by atoms with van der Waals surface area (Å²) in [4.78, 5) is 3.87. The van der Waals surface area contributed by atoms with E-state index in [0.717, 1.165) is 0 Å². The van der Waals surface area contributed by atoms with E-state index in [2.05, 4.69) is 20.9 Å². The normalized spacial score (nSPS) is 10.1. The Labute approximate surface area is 118 Å². The summed E-state index contributed by atoms with van der Waals surface area (Å²) in [5, 5.41) is 0. The van der Waals surface area contributed by atoms with Crippen LogP contribution >= 0.6 is 15.9 Å². The second-order valence-corrected chi connectivity index (χ2v) is 4.45. The van der Waals surface area contributed by atoms with Crippen molar-refractivity contribution < 1.29 is 18.6 Å². The number of ether oxygens (including phenoxy) is 3.